The van der Waals surface area contributed by atoms with Gasteiger partial charge in [-0.2, -0.15) is 5.10 Å². The summed E-state index contributed by atoms with van der Waals surface area (Å²) < 4.78 is 18.6. The van der Waals surface area contributed by atoms with Crippen LogP contribution in [0.25, 0.3) is 11.3 Å². The average molecular weight is 345 g/mol. The van der Waals surface area contributed by atoms with Gasteiger partial charge in [0.2, 0.25) is 5.91 Å². The van der Waals surface area contributed by atoms with Gasteiger partial charge in [0.25, 0.3) is 0 Å². The number of rotatable bonds is 6. The minimum Gasteiger partial charge on any atom is -0.493 e. The molecule has 0 spiro atoms. The van der Waals surface area contributed by atoms with Crippen LogP contribution >= 0.6 is 0 Å². The number of hydrogen-bond donors (Lipinski definition) is 0. The molecule has 7 nitrogen and oxygen atoms in total. The molecule has 2 aromatic rings. The molecule has 0 aliphatic carbocycles. The second-order valence-corrected chi connectivity index (χ2v) is 6.09. The molecule has 2 heterocycles. The Morgan fingerprint density at radius 3 is 2.88 bits per heavy atom. The largest absolute Gasteiger partial charge is 0.493 e. The summed E-state index contributed by atoms with van der Waals surface area (Å²) >= 11 is 0. The number of methoxy groups -OCH3 is 1. The van der Waals surface area contributed by atoms with Crippen LogP contribution in [0.4, 0.5) is 0 Å². The number of hydrogen-bond acceptors (Lipinski definition) is 5. The van der Waals surface area contributed by atoms with Gasteiger partial charge >= 0.3 is 0 Å². The zero-order valence-electron chi connectivity index (χ0n) is 14.8. The number of nitrogens with zero attached hydrogens (tertiary/aromatic N) is 3. The summed E-state index contributed by atoms with van der Waals surface area (Å²) in [5.74, 6) is 1.25. The van der Waals surface area contributed by atoms with E-state index in [-0.39, 0.29) is 18.7 Å². The van der Waals surface area contributed by atoms with E-state index in [0.717, 1.165) is 24.1 Å². The number of amides is 1. The van der Waals surface area contributed by atoms with Crippen LogP contribution in [-0.4, -0.2) is 54.7 Å². The summed E-state index contributed by atoms with van der Waals surface area (Å²) in [5, 5.41) is 4.26. The van der Waals surface area contributed by atoms with Gasteiger partial charge in [-0.1, -0.05) is 0 Å². The quantitative estimate of drug-likeness (QED) is 0.803. The number of carbonyl (C=O) groups excluding carboxylic acids is 1. The highest BCUT2D eigenvalue weighted by molar-refractivity contribution is 5.76. The van der Waals surface area contributed by atoms with Crippen LogP contribution < -0.4 is 9.47 Å². The van der Waals surface area contributed by atoms with Gasteiger partial charge in [-0.3, -0.25) is 9.48 Å². The highest BCUT2D eigenvalue weighted by atomic mass is 16.7. The monoisotopic (exact) mass is 345 g/mol. The number of benzene rings is 1. The topological polar surface area (TPSA) is 65.8 Å². The summed E-state index contributed by atoms with van der Waals surface area (Å²) in [6.07, 6.45) is 3.29. The first-order valence-electron chi connectivity index (χ1n) is 8.27. The molecule has 1 unspecified atom stereocenters. The van der Waals surface area contributed by atoms with Crippen molar-refractivity contribution in [3.8, 4) is 22.8 Å². The third-order valence-electron chi connectivity index (χ3n) is 4.11. The molecule has 1 fully saturated rings. The highest BCUT2D eigenvalue weighted by Crippen LogP contribution is 2.34. The Morgan fingerprint density at radius 2 is 2.20 bits per heavy atom. The van der Waals surface area contributed by atoms with E-state index >= 15 is 0 Å². The van der Waals surface area contributed by atoms with Crippen molar-refractivity contribution in [2.75, 3.05) is 27.8 Å². The first-order valence-corrected chi connectivity index (χ1v) is 8.27. The van der Waals surface area contributed by atoms with Crippen molar-refractivity contribution in [3.63, 3.8) is 0 Å². The summed E-state index contributed by atoms with van der Waals surface area (Å²) in [6.45, 7) is 0.898. The molecule has 7 heteroatoms. The molecule has 3 rings (SSSR count). The van der Waals surface area contributed by atoms with Crippen LogP contribution in [0.5, 0.6) is 11.5 Å². The number of aromatic nitrogens is 2. The predicted octanol–water partition coefficient (Wildman–Crippen LogP) is 2.16. The molecule has 1 aliphatic heterocycles. The maximum Gasteiger partial charge on any atom is 0.243 e. The SMILES string of the molecule is COc1ccc(-c2ccnn2CC(=O)N(C)C)cc1OC1CCCO1. The molecule has 1 aliphatic rings. The van der Waals surface area contributed by atoms with Crippen molar-refractivity contribution in [2.45, 2.75) is 25.7 Å². The van der Waals surface area contributed by atoms with Crippen molar-refractivity contribution in [3.05, 3.63) is 30.5 Å². The van der Waals surface area contributed by atoms with Gasteiger partial charge in [0, 0.05) is 32.3 Å². The third kappa shape index (κ3) is 3.93. The molecule has 0 bridgehead atoms. The summed E-state index contributed by atoms with van der Waals surface area (Å²) in [4.78, 5) is 13.5. The Labute approximate surface area is 147 Å². The van der Waals surface area contributed by atoms with Gasteiger partial charge in [0.05, 0.1) is 19.4 Å². The fraction of sp³-hybridized carbons (Fsp3) is 0.444. The lowest BCUT2D eigenvalue weighted by Gasteiger charge is -2.17. The number of likely N-dealkylation sites (N-methyl/N-ethyl adjacent to an activating group) is 1. The molecule has 134 valence electrons. The average Bonchev–Trinajstić information content (AvgIpc) is 3.26. The van der Waals surface area contributed by atoms with E-state index in [2.05, 4.69) is 5.10 Å². The molecular weight excluding hydrogens is 322 g/mol. The smallest absolute Gasteiger partial charge is 0.243 e. The minimum absolute atomic E-state index is 0.0192. The lowest BCUT2D eigenvalue weighted by Crippen LogP contribution is -2.27. The molecule has 25 heavy (non-hydrogen) atoms. The normalized spacial score (nSPS) is 16.7. The maximum absolute atomic E-state index is 12.0. The summed E-state index contributed by atoms with van der Waals surface area (Å²) in [6, 6.07) is 7.55. The van der Waals surface area contributed by atoms with Gasteiger partial charge < -0.3 is 19.1 Å². The Hall–Kier alpha value is -2.54. The predicted molar refractivity (Wildman–Crippen MR) is 92.5 cm³/mol. The lowest BCUT2D eigenvalue weighted by molar-refractivity contribution is -0.129. The van der Waals surface area contributed by atoms with Crippen molar-refractivity contribution in [1.82, 2.24) is 14.7 Å². The fourth-order valence-electron chi connectivity index (χ4n) is 2.68. The van der Waals surface area contributed by atoms with E-state index in [1.165, 1.54) is 0 Å². The minimum atomic E-state index is -0.246. The molecule has 0 radical (unpaired) electrons. The van der Waals surface area contributed by atoms with Crippen molar-refractivity contribution < 1.29 is 19.0 Å². The zero-order valence-corrected chi connectivity index (χ0v) is 14.8. The van der Waals surface area contributed by atoms with Gasteiger partial charge in [-0.25, -0.2) is 0 Å². The highest BCUT2D eigenvalue weighted by Gasteiger charge is 2.20. The summed E-state index contributed by atoms with van der Waals surface area (Å²) in [5.41, 5.74) is 1.74. The van der Waals surface area contributed by atoms with Gasteiger partial charge in [0.15, 0.2) is 17.8 Å². The van der Waals surface area contributed by atoms with Crippen LogP contribution in [0.1, 0.15) is 12.8 Å². The first-order chi connectivity index (χ1) is 12.1. The van der Waals surface area contributed by atoms with Gasteiger partial charge in [0.1, 0.15) is 6.54 Å². The Bertz CT molecular complexity index is 736. The molecule has 0 N–H and O–H groups in total. The Morgan fingerprint density at radius 1 is 1.36 bits per heavy atom. The molecule has 0 saturated carbocycles. The van der Waals surface area contributed by atoms with Crippen molar-refractivity contribution in [1.29, 1.82) is 0 Å². The van der Waals surface area contributed by atoms with Crippen molar-refractivity contribution >= 4 is 5.91 Å². The molecule has 1 aromatic carbocycles. The summed E-state index contributed by atoms with van der Waals surface area (Å²) in [7, 11) is 5.07. The second-order valence-electron chi connectivity index (χ2n) is 6.09. The van der Waals surface area contributed by atoms with Crippen LogP contribution in [0.2, 0.25) is 0 Å². The standard InChI is InChI=1S/C18H23N3O4/c1-20(2)17(22)12-21-14(8-9-19-21)13-6-7-15(23-3)16(11-13)25-18-5-4-10-24-18/h6-9,11,18H,4-5,10,12H2,1-3H3. The first kappa shape index (κ1) is 17.3. The van der Waals surface area contributed by atoms with Gasteiger partial charge in [-0.15, -0.1) is 0 Å². The third-order valence-corrected chi connectivity index (χ3v) is 4.11. The van der Waals surface area contributed by atoms with E-state index in [0.29, 0.717) is 18.1 Å². The molecule has 1 aromatic heterocycles. The molecule has 1 amide bonds. The Balaban J connectivity index is 1.87. The molecule has 1 atom stereocenters. The Kier molecular flexibility index (Phi) is 5.23. The number of ether oxygens (including phenoxy) is 3. The van der Waals surface area contributed by atoms with Gasteiger partial charge in [-0.05, 0) is 30.7 Å². The van der Waals surface area contributed by atoms with E-state index in [4.69, 9.17) is 14.2 Å². The van der Waals surface area contributed by atoms with Crippen LogP contribution in [0.3, 0.4) is 0 Å². The van der Waals surface area contributed by atoms with E-state index in [9.17, 15) is 4.79 Å². The number of carbonyl (C=O) groups is 1. The van der Waals surface area contributed by atoms with Crippen LogP contribution in [0, 0.1) is 0 Å². The van der Waals surface area contributed by atoms with Crippen LogP contribution in [0.15, 0.2) is 30.5 Å². The van der Waals surface area contributed by atoms with E-state index < -0.39 is 0 Å². The lowest BCUT2D eigenvalue weighted by atomic mass is 10.1. The molecule has 1 saturated heterocycles. The second kappa shape index (κ2) is 7.57. The van der Waals surface area contributed by atoms with Crippen LogP contribution in [-0.2, 0) is 16.1 Å². The van der Waals surface area contributed by atoms with Crippen molar-refractivity contribution in [2.24, 2.45) is 0 Å². The zero-order chi connectivity index (χ0) is 17.8. The van der Waals surface area contributed by atoms with E-state index in [1.54, 1.807) is 37.0 Å². The molecular formula is C18H23N3O4. The van der Waals surface area contributed by atoms with E-state index in [1.807, 2.05) is 24.3 Å². The maximum atomic E-state index is 12.0. The fourth-order valence-corrected chi connectivity index (χ4v) is 2.68.